The van der Waals surface area contributed by atoms with E-state index in [0.717, 1.165) is 6.42 Å². The van der Waals surface area contributed by atoms with E-state index in [1.165, 1.54) is 4.90 Å². The fourth-order valence-electron chi connectivity index (χ4n) is 2.46. The highest BCUT2D eigenvalue weighted by Crippen LogP contribution is 2.25. The summed E-state index contributed by atoms with van der Waals surface area (Å²) in [6.07, 6.45) is 1.29. The zero-order valence-corrected chi connectivity index (χ0v) is 12.5. The molecule has 2 unspecified atom stereocenters. The van der Waals surface area contributed by atoms with E-state index in [1.54, 1.807) is 24.3 Å². The van der Waals surface area contributed by atoms with Crippen molar-refractivity contribution >= 4 is 23.5 Å². The van der Waals surface area contributed by atoms with Crippen LogP contribution in [-0.2, 0) is 9.59 Å². The van der Waals surface area contributed by atoms with Crippen LogP contribution < -0.4 is 4.74 Å². The number of likely N-dealkylation sites (tertiary alicyclic amines) is 1. The van der Waals surface area contributed by atoms with Crippen molar-refractivity contribution in [2.24, 2.45) is 5.92 Å². The molecule has 0 saturated carbocycles. The van der Waals surface area contributed by atoms with Crippen LogP contribution in [0, 0.1) is 5.92 Å². The topological polar surface area (TPSA) is 66.8 Å². The van der Waals surface area contributed by atoms with Crippen molar-refractivity contribution in [1.29, 1.82) is 0 Å². The van der Waals surface area contributed by atoms with Gasteiger partial charge in [-0.3, -0.25) is 4.79 Å². The first-order valence-electron chi connectivity index (χ1n) is 6.88. The lowest BCUT2D eigenvalue weighted by Gasteiger charge is -2.35. The molecule has 114 valence electrons. The van der Waals surface area contributed by atoms with Crippen LogP contribution in [0.1, 0.15) is 19.8 Å². The quantitative estimate of drug-likeness (QED) is 0.927. The van der Waals surface area contributed by atoms with Crippen LogP contribution >= 0.6 is 11.6 Å². The van der Waals surface area contributed by atoms with Gasteiger partial charge in [0.15, 0.2) is 6.61 Å². The van der Waals surface area contributed by atoms with E-state index in [2.05, 4.69) is 0 Å². The predicted molar refractivity (Wildman–Crippen MR) is 78.5 cm³/mol. The molecule has 1 heterocycles. The number of carboxylic acid groups (broad SMARTS) is 1. The average Bonchev–Trinajstić information content (AvgIpc) is 2.46. The summed E-state index contributed by atoms with van der Waals surface area (Å²) in [4.78, 5) is 24.9. The average molecular weight is 312 g/mol. The molecule has 0 radical (unpaired) electrons. The number of para-hydroxylation sites is 1. The number of ether oxygens (including phenoxy) is 1. The third-order valence-electron chi connectivity index (χ3n) is 3.66. The van der Waals surface area contributed by atoms with Crippen LogP contribution in [-0.4, -0.2) is 41.1 Å². The number of carboxylic acids is 1. The molecule has 1 aromatic rings. The SMILES string of the molecule is CC1CCN(C(=O)COc2ccccc2Cl)C(C(=O)O)C1. The van der Waals surface area contributed by atoms with Gasteiger partial charge in [0.25, 0.3) is 5.91 Å². The minimum absolute atomic E-state index is 0.206. The zero-order valence-electron chi connectivity index (χ0n) is 11.8. The highest BCUT2D eigenvalue weighted by molar-refractivity contribution is 6.32. The van der Waals surface area contributed by atoms with Crippen LogP contribution in [0.15, 0.2) is 24.3 Å². The Morgan fingerprint density at radius 1 is 1.43 bits per heavy atom. The summed E-state index contributed by atoms with van der Waals surface area (Å²) < 4.78 is 5.39. The first-order chi connectivity index (χ1) is 9.99. The molecule has 1 aliphatic heterocycles. The highest BCUT2D eigenvalue weighted by atomic mass is 35.5. The van der Waals surface area contributed by atoms with E-state index in [0.29, 0.717) is 29.7 Å². The van der Waals surface area contributed by atoms with Crippen molar-refractivity contribution in [3.63, 3.8) is 0 Å². The van der Waals surface area contributed by atoms with Gasteiger partial charge < -0.3 is 14.7 Å². The Balaban J connectivity index is 1.99. The van der Waals surface area contributed by atoms with Crippen molar-refractivity contribution in [2.75, 3.05) is 13.2 Å². The molecule has 21 heavy (non-hydrogen) atoms. The van der Waals surface area contributed by atoms with E-state index in [4.69, 9.17) is 16.3 Å². The summed E-state index contributed by atoms with van der Waals surface area (Å²) in [5, 5.41) is 9.67. The number of carbonyl (C=O) groups excluding carboxylic acids is 1. The lowest BCUT2D eigenvalue weighted by atomic mass is 9.92. The molecule has 1 fully saturated rings. The zero-order chi connectivity index (χ0) is 15.4. The summed E-state index contributed by atoms with van der Waals surface area (Å²) >= 11 is 5.95. The van der Waals surface area contributed by atoms with Gasteiger partial charge in [0.2, 0.25) is 0 Å². The number of hydrogen-bond acceptors (Lipinski definition) is 3. The highest BCUT2D eigenvalue weighted by Gasteiger charge is 2.34. The number of rotatable bonds is 4. The molecule has 5 nitrogen and oxygen atoms in total. The fourth-order valence-corrected chi connectivity index (χ4v) is 2.65. The molecule has 0 spiro atoms. The third kappa shape index (κ3) is 3.88. The smallest absolute Gasteiger partial charge is 0.326 e. The molecule has 1 aromatic carbocycles. The van der Waals surface area contributed by atoms with Gasteiger partial charge in [0, 0.05) is 6.54 Å². The Hall–Kier alpha value is -1.75. The fraction of sp³-hybridized carbons (Fsp3) is 0.467. The number of amides is 1. The van der Waals surface area contributed by atoms with Crippen molar-refractivity contribution in [2.45, 2.75) is 25.8 Å². The molecule has 0 aromatic heterocycles. The maximum Gasteiger partial charge on any atom is 0.326 e. The summed E-state index contributed by atoms with van der Waals surface area (Å²) in [6, 6.07) is 6.10. The number of carbonyl (C=O) groups is 2. The molecular formula is C15H18ClNO4. The van der Waals surface area contributed by atoms with Crippen LogP contribution in [0.3, 0.4) is 0 Å². The van der Waals surface area contributed by atoms with Crippen molar-refractivity contribution in [1.82, 2.24) is 4.90 Å². The molecule has 1 N–H and O–H groups in total. The lowest BCUT2D eigenvalue weighted by Crippen LogP contribution is -2.51. The minimum Gasteiger partial charge on any atom is -0.482 e. The Kier molecular flexibility index (Phi) is 5.07. The second kappa shape index (κ2) is 6.80. The third-order valence-corrected chi connectivity index (χ3v) is 3.97. The normalized spacial score (nSPS) is 21.9. The summed E-state index contributed by atoms with van der Waals surface area (Å²) in [7, 11) is 0. The minimum atomic E-state index is -0.965. The van der Waals surface area contributed by atoms with Gasteiger partial charge >= 0.3 is 5.97 Å². The number of benzene rings is 1. The van der Waals surface area contributed by atoms with Gasteiger partial charge in [-0.05, 0) is 30.9 Å². The Morgan fingerprint density at radius 3 is 2.81 bits per heavy atom. The largest absolute Gasteiger partial charge is 0.482 e. The van der Waals surface area contributed by atoms with Crippen LogP contribution in [0.5, 0.6) is 5.75 Å². The monoisotopic (exact) mass is 311 g/mol. The van der Waals surface area contributed by atoms with E-state index < -0.39 is 12.0 Å². The first-order valence-corrected chi connectivity index (χ1v) is 7.26. The van der Waals surface area contributed by atoms with Crippen molar-refractivity contribution in [3.05, 3.63) is 29.3 Å². The molecule has 2 rings (SSSR count). The maximum atomic E-state index is 12.2. The number of hydrogen-bond donors (Lipinski definition) is 1. The first kappa shape index (κ1) is 15.6. The molecule has 0 bridgehead atoms. The summed E-state index contributed by atoms with van der Waals surface area (Å²) in [5.74, 6) is -0.564. The standard InChI is InChI=1S/C15H18ClNO4/c1-10-6-7-17(12(8-10)15(19)20)14(18)9-21-13-5-3-2-4-11(13)16/h2-5,10,12H,6-9H2,1H3,(H,19,20). The predicted octanol–water partition coefficient (Wildman–Crippen LogP) is 2.43. The van der Waals surface area contributed by atoms with Gasteiger partial charge in [-0.15, -0.1) is 0 Å². The molecular weight excluding hydrogens is 294 g/mol. The Morgan fingerprint density at radius 2 is 2.14 bits per heavy atom. The molecule has 0 aliphatic carbocycles. The van der Waals surface area contributed by atoms with Gasteiger partial charge in [0.05, 0.1) is 5.02 Å². The van der Waals surface area contributed by atoms with Crippen molar-refractivity contribution in [3.8, 4) is 5.75 Å². The molecule has 1 aliphatic rings. The van der Waals surface area contributed by atoms with Gasteiger partial charge in [-0.25, -0.2) is 4.79 Å². The molecule has 1 amide bonds. The van der Waals surface area contributed by atoms with E-state index in [-0.39, 0.29) is 12.5 Å². The van der Waals surface area contributed by atoms with Crippen LogP contribution in [0.4, 0.5) is 0 Å². The van der Waals surface area contributed by atoms with Crippen LogP contribution in [0.2, 0.25) is 5.02 Å². The molecule has 1 saturated heterocycles. The van der Waals surface area contributed by atoms with Crippen LogP contribution in [0.25, 0.3) is 0 Å². The second-order valence-electron chi connectivity index (χ2n) is 5.29. The number of halogens is 1. The Labute approximate surface area is 128 Å². The summed E-state index contributed by atoms with van der Waals surface area (Å²) in [6.45, 7) is 2.24. The number of piperidine rings is 1. The lowest BCUT2D eigenvalue weighted by molar-refractivity contribution is -0.153. The van der Waals surface area contributed by atoms with Crippen molar-refractivity contribution < 1.29 is 19.4 Å². The second-order valence-corrected chi connectivity index (χ2v) is 5.70. The van der Waals surface area contributed by atoms with E-state index in [1.807, 2.05) is 6.92 Å². The van der Waals surface area contributed by atoms with E-state index >= 15 is 0 Å². The summed E-state index contributed by atoms with van der Waals surface area (Å²) in [5.41, 5.74) is 0. The molecule has 2 atom stereocenters. The van der Waals surface area contributed by atoms with E-state index in [9.17, 15) is 14.7 Å². The maximum absolute atomic E-state index is 12.2. The van der Waals surface area contributed by atoms with Gasteiger partial charge in [-0.1, -0.05) is 30.7 Å². The number of aliphatic carboxylic acids is 1. The van der Waals surface area contributed by atoms with Gasteiger partial charge in [-0.2, -0.15) is 0 Å². The molecule has 6 heteroatoms. The Bertz CT molecular complexity index is 534. The number of nitrogens with zero attached hydrogens (tertiary/aromatic N) is 1. The van der Waals surface area contributed by atoms with Gasteiger partial charge in [0.1, 0.15) is 11.8 Å².